The van der Waals surface area contributed by atoms with Crippen molar-refractivity contribution in [3.8, 4) is 0 Å². The van der Waals surface area contributed by atoms with Gasteiger partial charge in [0.2, 0.25) is 11.8 Å². The smallest absolute Gasteiger partial charge is 0.475 e. The summed E-state index contributed by atoms with van der Waals surface area (Å²) in [5, 5.41) is 7.12. The number of carbonyl (C=O) groups is 3. The van der Waals surface area contributed by atoms with Gasteiger partial charge in [-0.25, -0.2) is 4.79 Å². The summed E-state index contributed by atoms with van der Waals surface area (Å²) in [5.41, 5.74) is 0.993. The van der Waals surface area contributed by atoms with Gasteiger partial charge in [0.05, 0.1) is 0 Å². The fourth-order valence-corrected chi connectivity index (χ4v) is 4.80. The number of alkyl halides is 3. The van der Waals surface area contributed by atoms with Crippen LogP contribution in [0.25, 0.3) is 0 Å². The standard InChI is InChI=1S/C21H27N3O2.C2HF3O2/c25-19-8-10-21(24(19)16-17-5-3-12-22-15-17)9-4-13-23(14-11-21)20(26)18-6-1-2-7-18;3-2(4,5)1(6)7/h1-3,5,12,15,18H,4,6-11,13-14,16H2;(H,6,7). The van der Waals surface area contributed by atoms with Crippen molar-refractivity contribution in [2.75, 3.05) is 13.1 Å². The predicted molar refractivity (Wildman–Crippen MR) is 113 cm³/mol. The van der Waals surface area contributed by atoms with Crippen LogP contribution in [-0.4, -0.2) is 62.5 Å². The van der Waals surface area contributed by atoms with Crippen LogP contribution in [0.5, 0.6) is 0 Å². The lowest BCUT2D eigenvalue weighted by molar-refractivity contribution is -0.192. The Morgan fingerprint density at radius 3 is 2.45 bits per heavy atom. The van der Waals surface area contributed by atoms with Gasteiger partial charge in [0.1, 0.15) is 0 Å². The lowest BCUT2D eigenvalue weighted by Crippen LogP contribution is -2.46. The van der Waals surface area contributed by atoms with Crippen LogP contribution in [0.4, 0.5) is 13.2 Å². The van der Waals surface area contributed by atoms with Crippen LogP contribution in [0, 0.1) is 5.92 Å². The molecule has 3 heterocycles. The number of hydrogen-bond acceptors (Lipinski definition) is 4. The minimum Gasteiger partial charge on any atom is -0.475 e. The van der Waals surface area contributed by atoms with Crippen molar-refractivity contribution in [1.82, 2.24) is 14.8 Å². The van der Waals surface area contributed by atoms with Crippen molar-refractivity contribution < 1.29 is 32.7 Å². The summed E-state index contributed by atoms with van der Waals surface area (Å²) in [6.45, 7) is 2.23. The molecule has 33 heavy (non-hydrogen) atoms. The predicted octanol–water partition coefficient (Wildman–Crippen LogP) is 3.55. The molecule has 1 aromatic rings. The maximum absolute atomic E-state index is 12.8. The molecular weight excluding hydrogens is 439 g/mol. The van der Waals surface area contributed by atoms with Crippen LogP contribution in [0.15, 0.2) is 36.7 Å². The Hall–Kier alpha value is -2.91. The first-order valence-electron chi connectivity index (χ1n) is 11.1. The summed E-state index contributed by atoms with van der Waals surface area (Å²) in [5.74, 6) is -2.07. The summed E-state index contributed by atoms with van der Waals surface area (Å²) in [6, 6.07) is 3.96. The van der Waals surface area contributed by atoms with E-state index in [1.807, 2.05) is 18.3 Å². The van der Waals surface area contributed by atoms with Gasteiger partial charge < -0.3 is 14.9 Å². The van der Waals surface area contributed by atoms with E-state index in [4.69, 9.17) is 9.90 Å². The molecule has 7 nitrogen and oxygen atoms in total. The zero-order valence-corrected chi connectivity index (χ0v) is 18.3. The van der Waals surface area contributed by atoms with Crippen molar-refractivity contribution in [2.24, 2.45) is 5.92 Å². The molecule has 4 rings (SSSR count). The number of carboxylic acids is 1. The number of amides is 2. The van der Waals surface area contributed by atoms with Gasteiger partial charge in [0.25, 0.3) is 0 Å². The maximum atomic E-state index is 12.8. The lowest BCUT2D eigenvalue weighted by atomic mass is 9.87. The first kappa shape index (κ1) is 24.7. The van der Waals surface area contributed by atoms with E-state index in [0.29, 0.717) is 18.9 Å². The molecule has 0 radical (unpaired) electrons. The molecule has 0 bridgehead atoms. The first-order valence-corrected chi connectivity index (χ1v) is 11.1. The normalized spacial score (nSPS) is 23.4. The van der Waals surface area contributed by atoms with Crippen LogP contribution in [0.1, 0.15) is 50.5 Å². The van der Waals surface area contributed by atoms with Gasteiger partial charge in [-0.3, -0.25) is 14.6 Å². The molecule has 1 atom stereocenters. The number of halogens is 3. The number of likely N-dealkylation sites (tertiary alicyclic amines) is 2. The summed E-state index contributed by atoms with van der Waals surface area (Å²) in [7, 11) is 0. The number of allylic oxidation sites excluding steroid dienone is 2. The Morgan fingerprint density at radius 1 is 1.15 bits per heavy atom. The minimum absolute atomic E-state index is 0.0874. The minimum atomic E-state index is -5.08. The van der Waals surface area contributed by atoms with E-state index in [1.54, 1.807) is 6.20 Å². The van der Waals surface area contributed by atoms with E-state index in [0.717, 1.165) is 57.2 Å². The molecule has 2 aliphatic heterocycles. The van der Waals surface area contributed by atoms with E-state index in [1.165, 1.54) is 0 Å². The molecule has 3 aliphatic rings. The summed E-state index contributed by atoms with van der Waals surface area (Å²) in [6.07, 6.45) is 8.93. The topological polar surface area (TPSA) is 90.8 Å². The van der Waals surface area contributed by atoms with Crippen molar-refractivity contribution >= 4 is 17.8 Å². The number of hydrogen-bond donors (Lipinski definition) is 1. The van der Waals surface area contributed by atoms with E-state index in [2.05, 4.69) is 26.9 Å². The fraction of sp³-hybridized carbons (Fsp3) is 0.565. The average molecular weight is 467 g/mol. The van der Waals surface area contributed by atoms with Crippen LogP contribution < -0.4 is 0 Å². The number of nitrogens with zero attached hydrogens (tertiary/aromatic N) is 3. The number of aromatic nitrogens is 1. The van der Waals surface area contributed by atoms with Crippen LogP contribution in [-0.2, 0) is 20.9 Å². The third kappa shape index (κ3) is 6.11. The molecule has 1 N–H and O–H groups in total. The number of pyridine rings is 1. The highest BCUT2D eigenvalue weighted by atomic mass is 19.4. The third-order valence-electron chi connectivity index (χ3n) is 6.57. The zero-order valence-electron chi connectivity index (χ0n) is 18.3. The molecule has 180 valence electrons. The number of carboxylic acid groups (broad SMARTS) is 1. The summed E-state index contributed by atoms with van der Waals surface area (Å²) >= 11 is 0. The molecule has 2 amide bonds. The van der Waals surface area contributed by atoms with Crippen molar-refractivity contribution in [3.05, 3.63) is 42.2 Å². The Morgan fingerprint density at radius 2 is 1.85 bits per heavy atom. The van der Waals surface area contributed by atoms with E-state index >= 15 is 0 Å². The summed E-state index contributed by atoms with van der Waals surface area (Å²) in [4.78, 5) is 42.6. The second-order valence-electron chi connectivity index (χ2n) is 8.69. The number of carbonyl (C=O) groups excluding carboxylic acids is 2. The highest BCUT2D eigenvalue weighted by Gasteiger charge is 2.46. The molecule has 2 fully saturated rings. The van der Waals surface area contributed by atoms with Crippen molar-refractivity contribution in [3.63, 3.8) is 0 Å². The molecule has 2 saturated heterocycles. The Bertz CT molecular complexity index is 883. The van der Waals surface area contributed by atoms with Gasteiger partial charge in [0.15, 0.2) is 0 Å². The second-order valence-corrected chi connectivity index (χ2v) is 8.69. The monoisotopic (exact) mass is 467 g/mol. The number of rotatable bonds is 3. The van der Waals surface area contributed by atoms with Crippen LogP contribution >= 0.6 is 0 Å². The SMILES string of the molecule is O=C(C1CC=CC1)N1CCCC2(CCC(=O)N2Cc2cccnc2)CC1.O=C(O)C(F)(F)F. The first-order chi connectivity index (χ1) is 15.6. The molecule has 1 aromatic heterocycles. The van der Waals surface area contributed by atoms with Crippen molar-refractivity contribution in [2.45, 2.75) is 63.2 Å². The Labute approximate surface area is 190 Å². The highest BCUT2D eigenvalue weighted by molar-refractivity contribution is 5.81. The van der Waals surface area contributed by atoms with Gasteiger partial charge in [-0.15, -0.1) is 0 Å². The van der Waals surface area contributed by atoms with Gasteiger partial charge in [-0.1, -0.05) is 18.2 Å². The molecular formula is C23H28F3N3O4. The molecule has 1 aliphatic carbocycles. The zero-order chi connectivity index (χ0) is 24.1. The van der Waals surface area contributed by atoms with Gasteiger partial charge in [-0.2, -0.15) is 13.2 Å². The summed E-state index contributed by atoms with van der Waals surface area (Å²) < 4.78 is 31.7. The largest absolute Gasteiger partial charge is 0.490 e. The maximum Gasteiger partial charge on any atom is 0.490 e. The van der Waals surface area contributed by atoms with Gasteiger partial charge in [0, 0.05) is 49.9 Å². The van der Waals surface area contributed by atoms with Crippen LogP contribution in [0.2, 0.25) is 0 Å². The molecule has 1 spiro atoms. The van der Waals surface area contributed by atoms with E-state index in [-0.39, 0.29) is 17.4 Å². The van der Waals surface area contributed by atoms with Gasteiger partial charge >= 0.3 is 12.1 Å². The van der Waals surface area contributed by atoms with E-state index < -0.39 is 12.1 Å². The quantitative estimate of drug-likeness (QED) is 0.687. The number of aliphatic carboxylic acids is 1. The third-order valence-corrected chi connectivity index (χ3v) is 6.57. The van der Waals surface area contributed by atoms with E-state index in [9.17, 15) is 22.8 Å². The molecule has 10 heteroatoms. The Balaban J connectivity index is 0.000000383. The molecule has 0 aromatic carbocycles. The average Bonchev–Trinajstić information content (AvgIpc) is 3.35. The van der Waals surface area contributed by atoms with Gasteiger partial charge in [-0.05, 0) is 50.2 Å². The molecule has 1 unspecified atom stereocenters. The second kappa shape index (κ2) is 10.4. The fourth-order valence-electron chi connectivity index (χ4n) is 4.80. The van der Waals surface area contributed by atoms with Crippen LogP contribution in [0.3, 0.4) is 0 Å². The van der Waals surface area contributed by atoms with Crippen molar-refractivity contribution in [1.29, 1.82) is 0 Å². The lowest BCUT2D eigenvalue weighted by Gasteiger charge is -2.38. The Kier molecular flexibility index (Phi) is 7.76. The molecule has 0 saturated carbocycles. The highest BCUT2D eigenvalue weighted by Crippen LogP contribution is 2.40.